The predicted octanol–water partition coefficient (Wildman–Crippen LogP) is 10.8. The van der Waals surface area contributed by atoms with E-state index in [4.69, 9.17) is 0 Å². The molecule has 3 N–H and O–H groups in total. The lowest BCUT2D eigenvalue weighted by Gasteiger charge is -2.28. The lowest BCUT2D eigenvalue weighted by molar-refractivity contribution is 0.0970. The van der Waals surface area contributed by atoms with Crippen molar-refractivity contribution in [1.29, 1.82) is 0 Å². The van der Waals surface area contributed by atoms with Crippen molar-refractivity contribution >= 4 is 50.7 Å². The number of rotatable bonds is 10. The van der Waals surface area contributed by atoms with Crippen LogP contribution >= 0.6 is 0 Å². The zero-order chi connectivity index (χ0) is 37.8. The van der Waals surface area contributed by atoms with Gasteiger partial charge >= 0.3 is 0 Å². The Balaban J connectivity index is 0.000000169. The SMILES string of the molecule is Cc1cccc(C(=O)N(NCC2CCCCC2)c2cnc3ccccc3c2)c1.O=C(Nc1cnc2ccccc2c1)c1ccccc1NCC1CCCCC1. The number of para-hydroxylation sites is 3. The molecule has 0 spiro atoms. The first-order chi connectivity index (χ1) is 27.0. The Morgan fingerprint density at radius 3 is 1.98 bits per heavy atom. The lowest BCUT2D eigenvalue weighted by atomic mass is 9.89. The number of hydrogen-bond donors (Lipinski definition) is 3. The summed E-state index contributed by atoms with van der Waals surface area (Å²) in [6.07, 6.45) is 16.4. The van der Waals surface area contributed by atoms with E-state index in [0.29, 0.717) is 28.7 Å². The molecule has 2 aliphatic carbocycles. The molecule has 2 aromatic heterocycles. The van der Waals surface area contributed by atoms with Crippen molar-refractivity contribution in [1.82, 2.24) is 15.4 Å². The Morgan fingerprint density at radius 2 is 1.27 bits per heavy atom. The van der Waals surface area contributed by atoms with Gasteiger partial charge in [-0.05, 0) is 93.0 Å². The number of aryl methyl sites for hydroxylation is 1. The van der Waals surface area contributed by atoms with E-state index in [1.165, 1.54) is 64.2 Å². The highest BCUT2D eigenvalue weighted by atomic mass is 16.2. The molecule has 0 aliphatic heterocycles. The Kier molecular flexibility index (Phi) is 12.8. The summed E-state index contributed by atoms with van der Waals surface area (Å²) in [6, 6.07) is 35.3. The topological polar surface area (TPSA) is 99.2 Å². The van der Waals surface area contributed by atoms with Crippen molar-refractivity contribution in [2.45, 2.75) is 71.1 Å². The summed E-state index contributed by atoms with van der Waals surface area (Å²) in [5, 5.41) is 10.2. The minimum Gasteiger partial charge on any atom is -0.384 e. The number of anilines is 3. The summed E-state index contributed by atoms with van der Waals surface area (Å²) in [5.74, 6) is 1.17. The van der Waals surface area contributed by atoms with Crippen LogP contribution in [0.3, 0.4) is 0 Å². The molecule has 2 fully saturated rings. The Labute approximate surface area is 324 Å². The van der Waals surface area contributed by atoms with E-state index in [1.807, 2.05) is 116 Å². The largest absolute Gasteiger partial charge is 0.384 e. The van der Waals surface area contributed by atoms with E-state index in [9.17, 15) is 9.59 Å². The maximum atomic E-state index is 13.3. The predicted molar refractivity (Wildman–Crippen MR) is 226 cm³/mol. The smallest absolute Gasteiger partial charge is 0.272 e. The molecule has 0 saturated heterocycles. The third-order valence-electron chi connectivity index (χ3n) is 10.9. The third-order valence-corrected chi connectivity index (χ3v) is 10.9. The van der Waals surface area contributed by atoms with Crippen molar-refractivity contribution < 1.29 is 9.59 Å². The molecule has 282 valence electrons. The van der Waals surface area contributed by atoms with E-state index in [0.717, 1.165) is 51.8 Å². The quantitative estimate of drug-likeness (QED) is 0.121. The maximum Gasteiger partial charge on any atom is 0.272 e. The number of aromatic nitrogens is 2. The maximum absolute atomic E-state index is 13.3. The Bertz CT molecular complexity index is 2210. The zero-order valence-electron chi connectivity index (χ0n) is 31.8. The van der Waals surface area contributed by atoms with Gasteiger partial charge in [-0.2, -0.15) is 0 Å². The normalized spacial score (nSPS) is 14.9. The van der Waals surface area contributed by atoms with Gasteiger partial charge < -0.3 is 10.6 Å². The van der Waals surface area contributed by atoms with Crippen molar-refractivity contribution in [3.05, 3.63) is 138 Å². The van der Waals surface area contributed by atoms with Gasteiger partial charge in [-0.25, -0.2) is 10.4 Å². The molecule has 8 heteroatoms. The Morgan fingerprint density at radius 1 is 0.655 bits per heavy atom. The number of benzene rings is 4. The number of fused-ring (bicyclic) bond motifs is 2. The summed E-state index contributed by atoms with van der Waals surface area (Å²) in [4.78, 5) is 35.2. The fourth-order valence-corrected chi connectivity index (χ4v) is 7.80. The van der Waals surface area contributed by atoms with Gasteiger partial charge in [-0.3, -0.25) is 19.6 Å². The number of nitrogens with zero attached hydrogens (tertiary/aromatic N) is 3. The number of hydrogen-bond acceptors (Lipinski definition) is 6. The first-order valence-electron chi connectivity index (χ1n) is 20.0. The summed E-state index contributed by atoms with van der Waals surface area (Å²) < 4.78 is 0. The highest BCUT2D eigenvalue weighted by Gasteiger charge is 2.22. The van der Waals surface area contributed by atoms with Gasteiger partial charge in [0.05, 0.1) is 40.4 Å². The minimum absolute atomic E-state index is 0.0448. The van der Waals surface area contributed by atoms with Crippen LogP contribution in [0.2, 0.25) is 0 Å². The summed E-state index contributed by atoms with van der Waals surface area (Å²) in [7, 11) is 0. The molecule has 2 saturated carbocycles. The molecule has 0 radical (unpaired) electrons. The van der Waals surface area contributed by atoms with Crippen molar-refractivity contribution in [3.8, 4) is 0 Å². The second-order valence-corrected chi connectivity index (χ2v) is 15.1. The average Bonchev–Trinajstić information content (AvgIpc) is 3.24. The average molecular weight is 733 g/mol. The molecule has 8 nitrogen and oxygen atoms in total. The van der Waals surface area contributed by atoms with Crippen LogP contribution in [-0.4, -0.2) is 34.9 Å². The Hall–Kier alpha value is -5.60. The highest BCUT2D eigenvalue weighted by Crippen LogP contribution is 2.27. The summed E-state index contributed by atoms with van der Waals surface area (Å²) in [5.41, 5.74) is 10.1. The molecule has 0 atom stereocenters. The number of pyridine rings is 2. The van der Waals surface area contributed by atoms with Crippen LogP contribution in [0.15, 0.2) is 122 Å². The zero-order valence-corrected chi connectivity index (χ0v) is 31.8. The fourth-order valence-electron chi connectivity index (χ4n) is 7.80. The molecule has 0 bridgehead atoms. The molecule has 4 aromatic carbocycles. The number of carbonyl (C=O) groups is 2. The number of hydrazine groups is 1. The molecule has 2 heterocycles. The van der Waals surface area contributed by atoms with Gasteiger partial charge in [0.25, 0.3) is 11.8 Å². The fraction of sp³-hybridized carbons (Fsp3) is 0.319. The van der Waals surface area contributed by atoms with Gasteiger partial charge in [0.2, 0.25) is 0 Å². The number of carbonyl (C=O) groups excluding carboxylic acids is 2. The van der Waals surface area contributed by atoms with Crippen LogP contribution in [0.25, 0.3) is 21.8 Å². The van der Waals surface area contributed by atoms with Gasteiger partial charge in [0, 0.05) is 35.1 Å². The van der Waals surface area contributed by atoms with E-state index >= 15 is 0 Å². The molecular formula is C47H52N6O2. The lowest BCUT2D eigenvalue weighted by Crippen LogP contribution is -2.45. The molecular weight excluding hydrogens is 681 g/mol. The first-order valence-corrected chi connectivity index (χ1v) is 20.0. The highest BCUT2D eigenvalue weighted by molar-refractivity contribution is 6.08. The number of nitrogens with one attached hydrogen (secondary N) is 3. The summed E-state index contributed by atoms with van der Waals surface area (Å²) >= 11 is 0. The van der Waals surface area contributed by atoms with Gasteiger partial charge in [-0.15, -0.1) is 0 Å². The van der Waals surface area contributed by atoms with Gasteiger partial charge in [0.15, 0.2) is 0 Å². The number of amides is 2. The van der Waals surface area contributed by atoms with E-state index in [-0.39, 0.29) is 11.8 Å². The molecule has 2 amide bonds. The first kappa shape index (κ1) is 37.7. The third kappa shape index (κ3) is 10.1. The van der Waals surface area contributed by atoms with Crippen molar-refractivity contribution in [3.63, 3.8) is 0 Å². The van der Waals surface area contributed by atoms with Crippen LogP contribution in [-0.2, 0) is 0 Å². The van der Waals surface area contributed by atoms with Crippen LogP contribution in [0, 0.1) is 18.8 Å². The molecule has 6 aromatic rings. The van der Waals surface area contributed by atoms with E-state index in [2.05, 4.69) is 26.0 Å². The van der Waals surface area contributed by atoms with Crippen LogP contribution in [0.5, 0.6) is 0 Å². The molecule has 55 heavy (non-hydrogen) atoms. The van der Waals surface area contributed by atoms with Crippen LogP contribution in [0.1, 0.15) is 90.5 Å². The van der Waals surface area contributed by atoms with E-state index in [1.54, 1.807) is 17.4 Å². The molecule has 0 unspecified atom stereocenters. The standard InChI is InChI=1S/C24H27N3O.C23H25N3O/c1-18-8-7-12-21(14-18)24(28)27(26-16-19-9-3-2-4-10-19)22-15-20-11-5-6-13-23(20)25-17-22;27-23(26-19-14-18-10-4-6-12-21(18)25-16-19)20-11-5-7-13-22(20)24-15-17-8-2-1-3-9-17/h5-8,11-15,17,19,26H,2-4,9-10,16H2,1H3;4-7,10-14,16-17,24H,1-3,8-9,15H2,(H,26,27). The molecule has 2 aliphatic rings. The van der Waals surface area contributed by atoms with Crippen LogP contribution in [0.4, 0.5) is 17.1 Å². The second kappa shape index (κ2) is 18.6. The van der Waals surface area contributed by atoms with E-state index < -0.39 is 0 Å². The minimum atomic E-state index is -0.112. The van der Waals surface area contributed by atoms with Crippen molar-refractivity contribution in [2.75, 3.05) is 28.7 Å². The summed E-state index contributed by atoms with van der Waals surface area (Å²) in [6.45, 7) is 3.75. The van der Waals surface area contributed by atoms with Crippen molar-refractivity contribution in [2.24, 2.45) is 11.8 Å². The molecule has 8 rings (SSSR count). The monoisotopic (exact) mass is 732 g/mol. The van der Waals surface area contributed by atoms with Gasteiger partial charge in [-0.1, -0.05) is 105 Å². The second-order valence-electron chi connectivity index (χ2n) is 15.1. The van der Waals surface area contributed by atoms with Crippen LogP contribution < -0.4 is 21.1 Å². The van der Waals surface area contributed by atoms with Gasteiger partial charge in [0.1, 0.15) is 0 Å².